The molecule has 0 unspecified atom stereocenters. The van der Waals surface area contributed by atoms with Crippen LogP contribution in [0.5, 0.6) is 0 Å². The number of thiophene rings is 1. The van der Waals surface area contributed by atoms with Crippen LogP contribution in [0.4, 0.5) is 0 Å². The van der Waals surface area contributed by atoms with Crippen molar-refractivity contribution in [2.24, 2.45) is 0 Å². The minimum Gasteiger partial charge on any atom is -0.368 e. The number of fused-ring (bicyclic) bond motifs is 2. The SMILES string of the molecule is c1cc2c(s1)CCO[C@]21CCNC1. The summed E-state index contributed by atoms with van der Waals surface area (Å²) in [5.74, 6) is 0. The molecule has 0 aliphatic carbocycles. The maximum Gasteiger partial charge on any atom is 0.108 e. The molecule has 3 rings (SSSR count). The largest absolute Gasteiger partial charge is 0.368 e. The molecule has 1 spiro atoms. The first kappa shape index (κ1) is 7.97. The fourth-order valence-electron chi connectivity index (χ4n) is 2.38. The van der Waals surface area contributed by atoms with Gasteiger partial charge < -0.3 is 10.1 Å². The number of hydrogen-bond donors (Lipinski definition) is 1. The van der Waals surface area contributed by atoms with Gasteiger partial charge in [-0.05, 0) is 30.0 Å². The third-order valence-electron chi connectivity index (χ3n) is 3.06. The van der Waals surface area contributed by atoms with E-state index in [4.69, 9.17) is 4.74 Å². The van der Waals surface area contributed by atoms with Gasteiger partial charge in [-0.2, -0.15) is 0 Å². The van der Waals surface area contributed by atoms with Crippen LogP contribution in [-0.4, -0.2) is 19.7 Å². The first-order valence-corrected chi connectivity index (χ1v) is 5.70. The standard InChI is InChI=1S/C10H13NOS/c1-5-12-10(3-4-11-7-10)8-2-6-13-9(1)8/h2,6,11H,1,3-5,7H2/t10-/m0/s1. The number of ether oxygens (including phenoxy) is 1. The van der Waals surface area contributed by atoms with Crippen molar-refractivity contribution in [3.05, 3.63) is 21.9 Å². The molecule has 2 nitrogen and oxygen atoms in total. The molecule has 1 aromatic rings. The van der Waals surface area contributed by atoms with Crippen molar-refractivity contribution in [3.63, 3.8) is 0 Å². The molecule has 1 saturated heterocycles. The maximum atomic E-state index is 5.96. The lowest BCUT2D eigenvalue weighted by atomic mass is 9.90. The molecule has 0 bridgehead atoms. The highest BCUT2D eigenvalue weighted by Gasteiger charge is 2.40. The summed E-state index contributed by atoms with van der Waals surface area (Å²) >= 11 is 1.88. The molecular formula is C10H13NOS. The zero-order valence-corrected chi connectivity index (χ0v) is 8.32. The van der Waals surface area contributed by atoms with Gasteiger partial charge in [-0.15, -0.1) is 11.3 Å². The van der Waals surface area contributed by atoms with Crippen LogP contribution in [-0.2, 0) is 16.8 Å². The second-order valence-electron chi connectivity index (χ2n) is 3.78. The van der Waals surface area contributed by atoms with Crippen molar-refractivity contribution in [1.82, 2.24) is 5.32 Å². The first-order valence-electron chi connectivity index (χ1n) is 4.82. The highest BCUT2D eigenvalue weighted by atomic mass is 32.1. The first-order chi connectivity index (χ1) is 6.41. The Kier molecular flexibility index (Phi) is 1.72. The predicted octanol–water partition coefficient (Wildman–Crippen LogP) is 1.51. The summed E-state index contributed by atoms with van der Waals surface area (Å²) in [5, 5.41) is 5.59. The molecule has 1 aromatic heterocycles. The monoisotopic (exact) mass is 195 g/mol. The summed E-state index contributed by atoms with van der Waals surface area (Å²) < 4.78 is 5.96. The van der Waals surface area contributed by atoms with Gasteiger partial charge in [-0.25, -0.2) is 0 Å². The normalized spacial score (nSPS) is 32.3. The van der Waals surface area contributed by atoms with E-state index in [2.05, 4.69) is 16.8 Å². The van der Waals surface area contributed by atoms with E-state index in [0.717, 1.165) is 32.5 Å². The molecule has 1 atom stereocenters. The Morgan fingerprint density at radius 1 is 1.54 bits per heavy atom. The van der Waals surface area contributed by atoms with Crippen LogP contribution in [0.3, 0.4) is 0 Å². The molecule has 2 aliphatic rings. The zero-order chi connectivity index (χ0) is 8.73. The average Bonchev–Trinajstić information content (AvgIpc) is 2.74. The fourth-order valence-corrected chi connectivity index (χ4v) is 3.33. The Morgan fingerprint density at radius 2 is 2.54 bits per heavy atom. The van der Waals surface area contributed by atoms with Gasteiger partial charge in [0.1, 0.15) is 5.60 Å². The molecular weight excluding hydrogens is 182 g/mol. The molecule has 3 heteroatoms. The van der Waals surface area contributed by atoms with Crippen LogP contribution in [0, 0.1) is 0 Å². The van der Waals surface area contributed by atoms with Crippen LogP contribution in [0.2, 0.25) is 0 Å². The highest BCUT2D eigenvalue weighted by molar-refractivity contribution is 7.10. The van der Waals surface area contributed by atoms with Gasteiger partial charge in [0, 0.05) is 17.8 Å². The van der Waals surface area contributed by atoms with E-state index in [1.807, 2.05) is 11.3 Å². The van der Waals surface area contributed by atoms with Crippen LogP contribution in [0.15, 0.2) is 11.4 Å². The smallest absolute Gasteiger partial charge is 0.108 e. The molecule has 1 N–H and O–H groups in total. The van der Waals surface area contributed by atoms with Crippen LogP contribution < -0.4 is 5.32 Å². The lowest BCUT2D eigenvalue weighted by molar-refractivity contribution is -0.0438. The van der Waals surface area contributed by atoms with Crippen molar-refractivity contribution < 1.29 is 4.74 Å². The van der Waals surface area contributed by atoms with Crippen molar-refractivity contribution in [2.75, 3.05) is 19.7 Å². The Labute approximate surface area is 81.9 Å². The number of nitrogens with one attached hydrogen (secondary N) is 1. The molecule has 0 saturated carbocycles. The molecule has 0 radical (unpaired) electrons. The fraction of sp³-hybridized carbons (Fsp3) is 0.600. The number of rotatable bonds is 0. The highest BCUT2D eigenvalue weighted by Crippen LogP contribution is 2.39. The molecule has 2 aliphatic heterocycles. The van der Waals surface area contributed by atoms with Crippen LogP contribution in [0.25, 0.3) is 0 Å². The minimum atomic E-state index is 0.0353. The molecule has 0 aromatic carbocycles. The lowest BCUT2D eigenvalue weighted by Gasteiger charge is -2.33. The lowest BCUT2D eigenvalue weighted by Crippen LogP contribution is -2.36. The molecule has 13 heavy (non-hydrogen) atoms. The van der Waals surface area contributed by atoms with Gasteiger partial charge in [0.15, 0.2) is 0 Å². The predicted molar refractivity (Wildman–Crippen MR) is 53.1 cm³/mol. The zero-order valence-electron chi connectivity index (χ0n) is 7.51. The molecule has 0 amide bonds. The Morgan fingerprint density at radius 3 is 3.38 bits per heavy atom. The van der Waals surface area contributed by atoms with Crippen LogP contribution in [0.1, 0.15) is 16.9 Å². The van der Waals surface area contributed by atoms with Crippen molar-refractivity contribution >= 4 is 11.3 Å². The van der Waals surface area contributed by atoms with Gasteiger partial charge in [0.25, 0.3) is 0 Å². The molecule has 70 valence electrons. The van der Waals surface area contributed by atoms with Crippen molar-refractivity contribution in [2.45, 2.75) is 18.4 Å². The topological polar surface area (TPSA) is 21.3 Å². The van der Waals surface area contributed by atoms with Gasteiger partial charge >= 0.3 is 0 Å². The summed E-state index contributed by atoms with van der Waals surface area (Å²) in [6, 6.07) is 2.24. The summed E-state index contributed by atoms with van der Waals surface area (Å²) in [5.41, 5.74) is 1.49. The number of hydrogen-bond acceptors (Lipinski definition) is 3. The van der Waals surface area contributed by atoms with E-state index in [0.29, 0.717) is 0 Å². The quantitative estimate of drug-likeness (QED) is 0.677. The van der Waals surface area contributed by atoms with E-state index in [9.17, 15) is 0 Å². The maximum absolute atomic E-state index is 5.96. The second kappa shape index (κ2) is 2.80. The Bertz CT molecular complexity index is 314. The van der Waals surface area contributed by atoms with E-state index < -0.39 is 0 Å². The van der Waals surface area contributed by atoms with Gasteiger partial charge in [-0.1, -0.05) is 0 Å². The van der Waals surface area contributed by atoms with Gasteiger partial charge in [0.2, 0.25) is 0 Å². The molecule has 3 heterocycles. The third-order valence-corrected chi connectivity index (χ3v) is 4.04. The minimum absolute atomic E-state index is 0.0353. The Hall–Kier alpha value is -0.380. The summed E-state index contributed by atoms with van der Waals surface area (Å²) in [6.45, 7) is 2.99. The summed E-state index contributed by atoms with van der Waals surface area (Å²) in [6.07, 6.45) is 2.24. The van der Waals surface area contributed by atoms with E-state index in [1.54, 1.807) is 0 Å². The average molecular weight is 195 g/mol. The Balaban J connectivity index is 2.08. The summed E-state index contributed by atoms with van der Waals surface area (Å²) in [7, 11) is 0. The summed E-state index contributed by atoms with van der Waals surface area (Å²) in [4.78, 5) is 1.54. The second-order valence-corrected chi connectivity index (χ2v) is 4.78. The van der Waals surface area contributed by atoms with E-state index >= 15 is 0 Å². The van der Waals surface area contributed by atoms with Crippen molar-refractivity contribution in [1.29, 1.82) is 0 Å². The van der Waals surface area contributed by atoms with Gasteiger partial charge in [-0.3, -0.25) is 0 Å². The van der Waals surface area contributed by atoms with Crippen LogP contribution >= 0.6 is 11.3 Å². The third kappa shape index (κ3) is 1.08. The van der Waals surface area contributed by atoms with Crippen molar-refractivity contribution in [3.8, 4) is 0 Å². The molecule has 1 fully saturated rings. The van der Waals surface area contributed by atoms with E-state index in [-0.39, 0.29) is 5.60 Å². The van der Waals surface area contributed by atoms with Gasteiger partial charge in [0.05, 0.1) is 6.61 Å². The van der Waals surface area contributed by atoms with E-state index in [1.165, 1.54) is 10.4 Å².